The maximum absolute atomic E-state index is 13.9. The normalized spacial score (nSPS) is 15.6. The molecule has 0 atom stereocenters. The maximum atomic E-state index is 13.9. The van der Waals surface area contributed by atoms with Crippen molar-refractivity contribution in [2.24, 2.45) is 5.92 Å². The molecule has 0 unspecified atom stereocenters. The van der Waals surface area contributed by atoms with Crippen LogP contribution in [0.25, 0.3) is 17.4 Å². The first-order valence-corrected chi connectivity index (χ1v) is 11.1. The van der Waals surface area contributed by atoms with Crippen LogP contribution in [0.1, 0.15) is 18.6 Å². The van der Waals surface area contributed by atoms with Gasteiger partial charge in [0.25, 0.3) is 0 Å². The summed E-state index contributed by atoms with van der Waals surface area (Å²) in [6, 6.07) is 15.0. The van der Waals surface area contributed by atoms with E-state index < -0.39 is 0 Å². The Morgan fingerprint density at radius 1 is 1.00 bits per heavy atom. The third kappa shape index (κ3) is 4.66. The van der Waals surface area contributed by atoms with E-state index in [9.17, 15) is 14.0 Å². The summed E-state index contributed by atoms with van der Waals surface area (Å²) in [5.74, 6) is 1.37. The van der Waals surface area contributed by atoms with Crippen molar-refractivity contribution in [3.63, 3.8) is 0 Å². The molecule has 1 N–H and O–H groups in total. The lowest BCUT2D eigenvalue weighted by Gasteiger charge is -2.30. The van der Waals surface area contributed by atoms with Crippen molar-refractivity contribution < 1.29 is 27.9 Å². The summed E-state index contributed by atoms with van der Waals surface area (Å²) in [4.78, 5) is 27.0. The van der Waals surface area contributed by atoms with Gasteiger partial charge in [-0.2, -0.15) is 0 Å². The predicted octanol–water partition coefficient (Wildman–Crippen LogP) is 4.70. The minimum absolute atomic E-state index is 0.0715. The molecule has 8 heteroatoms. The molecule has 2 aromatic carbocycles. The van der Waals surface area contributed by atoms with Gasteiger partial charge in [0.05, 0.1) is 5.56 Å². The summed E-state index contributed by atoms with van der Waals surface area (Å²) in [6.07, 6.45) is 4.17. The zero-order valence-corrected chi connectivity index (χ0v) is 18.3. The molecule has 2 aliphatic rings. The fourth-order valence-electron chi connectivity index (χ4n) is 4.09. The van der Waals surface area contributed by atoms with Crippen molar-refractivity contribution in [3.05, 3.63) is 72.3 Å². The summed E-state index contributed by atoms with van der Waals surface area (Å²) in [7, 11) is 0. The van der Waals surface area contributed by atoms with Crippen LogP contribution >= 0.6 is 0 Å². The van der Waals surface area contributed by atoms with Gasteiger partial charge < -0.3 is 24.1 Å². The first kappa shape index (κ1) is 21.8. The molecule has 0 bridgehead atoms. The van der Waals surface area contributed by atoms with Gasteiger partial charge in [-0.1, -0.05) is 12.1 Å². The first-order valence-electron chi connectivity index (χ1n) is 11.1. The number of piperidine rings is 1. The highest BCUT2D eigenvalue weighted by Gasteiger charge is 2.27. The first-order chi connectivity index (χ1) is 16.6. The molecule has 0 spiro atoms. The number of halogens is 1. The Morgan fingerprint density at radius 3 is 2.62 bits per heavy atom. The summed E-state index contributed by atoms with van der Waals surface area (Å²) in [5.41, 5.74) is 1.03. The van der Waals surface area contributed by atoms with Crippen LogP contribution in [0.2, 0.25) is 0 Å². The smallest absolute Gasteiger partial charge is 0.246 e. The Bertz CT molecular complexity index is 1240. The molecule has 0 saturated carbocycles. The van der Waals surface area contributed by atoms with E-state index in [1.54, 1.807) is 59.5 Å². The van der Waals surface area contributed by atoms with Gasteiger partial charge in [-0.05, 0) is 55.3 Å². The molecule has 3 aromatic rings. The lowest BCUT2D eigenvalue weighted by Crippen LogP contribution is -2.40. The fourth-order valence-corrected chi connectivity index (χ4v) is 4.09. The van der Waals surface area contributed by atoms with Gasteiger partial charge in [0.2, 0.25) is 18.6 Å². The third-order valence-corrected chi connectivity index (χ3v) is 5.97. The molecule has 34 heavy (non-hydrogen) atoms. The number of hydrogen-bond donors (Lipinski definition) is 1. The molecule has 0 aliphatic carbocycles. The van der Waals surface area contributed by atoms with Gasteiger partial charge in [0.1, 0.15) is 17.3 Å². The fraction of sp³-hybridized carbons (Fsp3) is 0.231. The molecule has 0 radical (unpaired) electrons. The van der Waals surface area contributed by atoms with Crippen LogP contribution in [0.4, 0.5) is 10.1 Å². The molecule has 1 saturated heterocycles. The number of hydrogen-bond acceptors (Lipinski definition) is 5. The van der Waals surface area contributed by atoms with Crippen molar-refractivity contribution in [2.75, 3.05) is 25.2 Å². The van der Waals surface area contributed by atoms with Gasteiger partial charge in [-0.25, -0.2) is 4.39 Å². The molecule has 2 amide bonds. The van der Waals surface area contributed by atoms with E-state index in [1.165, 1.54) is 12.1 Å². The second-order valence-corrected chi connectivity index (χ2v) is 8.17. The van der Waals surface area contributed by atoms with E-state index in [-0.39, 0.29) is 30.3 Å². The summed E-state index contributed by atoms with van der Waals surface area (Å²) >= 11 is 0. The summed E-state index contributed by atoms with van der Waals surface area (Å²) in [5, 5.41) is 2.92. The number of benzene rings is 2. The van der Waals surface area contributed by atoms with Gasteiger partial charge in [0.15, 0.2) is 11.5 Å². The minimum Gasteiger partial charge on any atom is -0.457 e. The Kier molecular flexibility index (Phi) is 6.03. The monoisotopic (exact) mass is 462 g/mol. The van der Waals surface area contributed by atoms with Crippen LogP contribution in [0, 0.1) is 11.7 Å². The van der Waals surface area contributed by atoms with Gasteiger partial charge >= 0.3 is 0 Å². The number of rotatable bonds is 5. The molecule has 1 aromatic heterocycles. The highest BCUT2D eigenvalue weighted by molar-refractivity contribution is 5.94. The SMILES string of the molecule is O=C(Nc1ccc2c(c1)OCO2)C1CCN(C(=O)/C=C/c2ccc(-c3ccccc3F)o2)CC1. The third-order valence-electron chi connectivity index (χ3n) is 5.97. The van der Waals surface area contributed by atoms with Crippen molar-refractivity contribution >= 4 is 23.6 Å². The Morgan fingerprint density at radius 2 is 1.79 bits per heavy atom. The number of likely N-dealkylation sites (tertiary alicyclic amines) is 1. The highest BCUT2D eigenvalue weighted by atomic mass is 19.1. The average Bonchev–Trinajstić information content (AvgIpc) is 3.52. The molecule has 174 valence electrons. The summed E-state index contributed by atoms with van der Waals surface area (Å²) in [6.45, 7) is 1.16. The van der Waals surface area contributed by atoms with Crippen molar-refractivity contribution in [1.29, 1.82) is 0 Å². The van der Waals surface area contributed by atoms with E-state index in [0.717, 1.165) is 0 Å². The summed E-state index contributed by atoms with van der Waals surface area (Å²) < 4.78 is 30.2. The minimum atomic E-state index is -0.367. The number of fused-ring (bicyclic) bond motifs is 1. The van der Waals surface area contributed by atoms with Crippen LogP contribution in [-0.2, 0) is 9.59 Å². The topological polar surface area (TPSA) is 81.0 Å². The number of carbonyl (C=O) groups is 2. The van der Waals surface area contributed by atoms with Gasteiger partial charge in [0, 0.05) is 36.8 Å². The van der Waals surface area contributed by atoms with E-state index in [4.69, 9.17) is 13.9 Å². The van der Waals surface area contributed by atoms with Gasteiger partial charge in [-0.3, -0.25) is 9.59 Å². The Labute approximate surface area is 195 Å². The number of amides is 2. The molecule has 2 aliphatic heterocycles. The number of furan rings is 1. The molecular formula is C26H23FN2O5. The van der Waals surface area contributed by atoms with Crippen LogP contribution in [0.15, 0.2) is 65.1 Å². The van der Waals surface area contributed by atoms with Crippen molar-refractivity contribution in [2.45, 2.75) is 12.8 Å². The molecule has 1 fully saturated rings. The average molecular weight is 462 g/mol. The zero-order valence-electron chi connectivity index (χ0n) is 18.3. The molecule has 7 nitrogen and oxygen atoms in total. The van der Waals surface area contributed by atoms with Crippen LogP contribution in [0.5, 0.6) is 11.5 Å². The lowest BCUT2D eigenvalue weighted by atomic mass is 9.95. The number of anilines is 1. The number of nitrogens with zero attached hydrogens (tertiary/aromatic N) is 1. The van der Waals surface area contributed by atoms with E-state index in [2.05, 4.69) is 5.32 Å². The van der Waals surface area contributed by atoms with Crippen LogP contribution in [0.3, 0.4) is 0 Å². The van der Waals surface area contributed by atoms with Crippen LogP contribution in [-0.4, -0.2) is 36.6 Å². The number of ether oxygens (including phenoxy) is 2. The number of nitrogens with one attached hydrogen (secondary N) is 1. The highest BCUT2D eigenvalue weighted by Crippen LogP contribution is 2.34. The Hall–Kier alpha value is -4.07. The van der Waals surface area contributed by atoms with Crippen molar-refractivity contribution in [3.8, 4) is 22.8 Å². The second-order valence-electron chi connectivity index (χ2n) is 8.17. The maximum Gasteiger partial charge on any atom is 0.246 e. The van der Waals surface area contributed by atoms with E-state index in [0.29, 0.717) is 60.2 Å². The number of carbonyl (C=O) groups excluding carboxylic acids is 2. The molecular weight excluding hydrogens is 439 g/mol. The quantitative estimate of drug-likeness (QED) is 0.556. The molecule has 3 heterocycles. The van der Waals surface area contributed by atoms with E-state index in [1.807, 2.05) is 0 Å². The Balaban J connectivity index is 1.13. The predicted molar refractivity (Wildman–Crippen MR) is 124 cm³/mol. The molecule has 5 rings (SSSR count). The van der Waals surface area contributed by atoms with E-state index >= 15 is 0 Å². The second kappa shape index (κ2) is 9.43. The van der Waals surface area contributed by atoms with Gasteiger partial charge in [-0.15, -0.1) is 0 Å². The largest absolute Gasteiger partial charge is 0.457 e. The zero-order chi connectivity index (χ0) is 23.5. The lowest BCUT2D eigenvalue weighted by molar-refractivity contribution is -0.130. The van der Waals surface area contributed by atoms with Crippen LogP contribution < -0.4 is 14.8 Å². The standard InChI is InChI=1S/C26H23FN2O5/c27-21-4-2-1-3-20(21)22-9-6-19(34-22)7-10-25(30)29-13-11-17(12-14-29)26(31)28-18-5-8-23-24(15-18)33-16-32-23/h1-10,15,17H,11-14,16H2,(H,28,31)/b10-7+. The van der Waals surface area contributed by atoms with Crippen molar-refractivity contribution in [1.82, 2.24) is 4.90 Å².